The van der Waals surface area contributed by atoms with Crippen molar-refractivity contribution in [1.82, 2.24) is 14.7 Å². The second kappa shape index (κ2) is 9.35. The van der Waals surface area contributed by atoms with Gasteiger partial charge < -0.3 is 14.5 Å². The van der Waals surface area contributed by atoms with E-state index in [4.69, 9.17) is 16.3 Å². The summed E-state index contributed by atoms with van der Waals surface area (Å²) in [4.78, 5) is 32.4. The number of nitrogens with zero attached hydrogens (tertiary/aromatic N) is 3. The summed E-state index contributed by atoms with van der Waals surface area (Å²) in [7, 11) is 2.06. The molecule has 0 unspecified atom stereocenters. The normalized spacial score (nSPS) is 17.5. The highest BCUT2D eigenvalue weighted by atomic mass is 35.5. The van der Waals surface area contributed by atoms with Crippen LogP contribution in [0.3, 0.4) is 0 Å². The molecule has 2 amide bonds. The molecule has 2 aromatic carbocycles. The molecule has 2 heterocycles. The van der Waals surface area contributed by atoms with Gasteiger partial charge in [0, 0.05) is 31.2 Å². The van der Waals surface area contributed by atoms with Gasteiger partial charge in [-0.1, -0.05) is 29.8 Å². The Bertz CT molecular complexity index is 1040. The first-order valence-corrected chi connectivity index (χ1v) is 11.2. The molecule has 0 aromatic heterocycles. The zero-order chi connectivity index (χ0) is 22.8. The maximum absolute atomic E-state index is 13.4. The molecule has 0 atom stereocenters. The lowest BCUT2D eigenvalue weighted by Crippen LogP contribution is -2.46. The van der Waals surface area contributed by atoms with Gasteiger partial charge in [-0.2, -0.15) is 0 Å². The average Bonchev–Trinajstić information content (AvgIpc) is 2.99. The van der Waals surface area contributed by atoms with Crippen LogP contribution in [0.1, 0.15) is 16.7 Å². The third kappa shape index (κ3) is 4.66. The van der Waals surface area contributed by atoms with Crippen LogP contribution in [0.25, 0.3) is 5.57 Å². The SMILES string of the molecule is Cc1cc(C)cc(OCCN2C(=O)C(c3ccc(Cl)cc3)=C(N3CCN(C)CC3)C2=O)c1. The number of piperazine rings is 1. The van der Waals surface area contributed by atoms with Crippen LogP contribution in [0.5, 0.6) is 5.75 Å². The average molecular weight is 454 g/mol. The molecule has 0 N–H and O–H groups in total. The largest absolute Gasteiger partial charge is 0.492 e. The second-order valence-electron chi connectivity index (χ2n) is 8.45. The molecular weight excluding hydrogens is 426 g/mol. The van der Waals surface area contributed by atoms with E-state index in [9.17, 15) is 9.59 Å². The topological polar surface area (TPSA) is 53.1 Å². The van der Waals surface area contributed by atoms with E-state index in [0.717, 1.165) is 30.0 Å². The van der Waals surface area contributed by atoms with Crippen LogP contribution in [0.4, 0.5) is 0 Å². The first kappa shape index (κ1) is 22.4. The number of hydrogen-bond acceptors (Lipinski definition) is 5. The van der Waals surface area contributed by atoms with E-state index in [0.29, 0.717) is 34.9 Å². The number of imide groups is 1. The smallest absolute Gasteiger partial charge is 0.277 e. The van der Waals surface area contributed by atoms with Gasteiger partial charge in [0.25, 0.3) is 11.8 Å². The van der Waals surface area contributed by atoms with Gasteiger partial charge >= 0.3 is 0 Å². The molecule has 2 aromatic rings. The van der Waals surface area contributed by atoms with Gasteiger partial charge in [-0.15, -0.1) is 0 Å². The Labute approximate surface area is 194 Å². The van der Waals surface area contributed by atoms with Crippen molar-refractivity contribution in [1.29, 1.82) is 0 Å². The van der Waals surface area contributed by atoms with Crippen LogP contribution in [0.2, 0.25) is 5.02 Å². The molecular formula is C25H28ClN3O3. The fourth-order valence-electron chi connectivity index (χ4n) is 4.24. The quantitative estimate of drug-likeness (QED) is 0.628. The van der Waals surface area contributed by atoms with Crippen molar-refractivity contribution in [2.24, 2.45) is 0 Å². The van der Waals surface area contributed by atoms with Crippen LogP contribution in [0, 0.1) is 13.8 Å². The number of carbonyl (C=O) groups is 2. The number of hydrogen-bond donors (Lipinski definition) is 0. The lowest BCUT2D eigenvalue weighted by molar-refractivity contribution is -0.138. The summed E-state index contributed by atoms with van der Waals surface area (Å²) >= 11 is 6.05. The molecule has 2 aliphatic rings. The number of carbonyl (C=O) groups excluding carboxylic acids is 2. The van der Waals surface area contributed by atoms with Gasteiger partial charge in [-0.05, 0) is 61.9 Å². The molecule has 0 saturated carbocycles. The Balaban J connectivity index is 1.56. The van der Waals surface area contributed by atoms with Crippen molar-refractivity contribution in [3.63, 3.8) is 0 Å². The fraction of sp³-hybridized carbons (Fsp3) is 0.360. The number of benzene rings is 2. The first-order valence-electron chi connectivity index (χ1n) is 10.8. The number of halogens is 1. The van der Waals surface area contributed by atoms with Crippen LogP contribution in [-0.2, 0) is 9.59 Å². The molecule has 0 radical (unpaired) electrons. The minimum atomic E-state index is -0.282. The molecule has 32 heavy (non-hydrogen) atoms. The molecule has 7 heteroatoms. The zero-order valence-electron chi connectivity index (χ0n) is 18.7. The van der Waals surface area contributed by atoms with Crippen molar-refractivity contribution in [2.75, 3.05) is 46.4 Å². The Morgan fingerprint density at radius 3 is 2.16 bits per heavy atom. The lowest BCUT2D eigenvalue weighted by atomic mass is 10.0. The zero-order valence-corrected chi connectivity index (χ0v) is 19.5. The lowest BCUT2D eigenvalue weighted by Gasteiger charge is -2.34. The summed E-state index contributed by atoms with van der Waals surface area (Å²) in [6.45, 7) is 7.55. The molecule has 0 spiro atoms. The van der Waals surface area contributed by atoms with Crippen molar-refractivity contribution >= 4 is 29.0 Å². The molecule has 2 aliphatic heterocycles. The van der Waals surface area contributed by atoms with Crippen LogP contribution < -0.4 is 4.74 Å². The van der Waals surface area contributed by atoms with E-state index in [-0.39, 0.29) is 25.0 Å². The summed E-state index contributed by atoms with van der Waals surface area (Å²) in [6, 6.07) is 13.1. The number of likely N-dealkylation sites (N-methyl/N-ethyl adjacent to an activating group) is 1. The summed E-state index contributed by atoms with van der Waals surface area (Å²) in [6.07, 6.45) is 0. The highest BCUT2D eigenvalue weighted by Crippen LogP contribution is 2.32. The van der Waals surface area contributed by atoms with Crippen molar-refractivity contribution in [3.8, 4) is 5.75 Å². The van der Waals surface area contributed by atoms with E-state index in [1.54, 1.807) is 24.3 Å². The predicted octanol–water partition coefficient (Wildman–Crippen LogP) is 3.36. The second-order valence-corrected chi connectivity index (χ2v) is 8.89. The van der Waals surface area contributed by atoms with Crippen LogP contribution in [0.15, 0.2) is 48.2 Å². The van der Waals surface area contributed by atoms with Gasteiger partial charge in [0.15, 0.2) is 0 Å². The number of amides is 2. The van der Waals surface area contributed by atoms with Gasteiger partial charge in [0.1, 0.15) is 18.1 Å². The number of rotatable bonds is 6. The van der Waals surface area contributed by atoms with Crippen LogP contribution >= 0.6 is 11.6 Å². The Morgan fingerprint density at radius 2 is 1.53 bits per heavy atom. The van der Waals surface area contributed by atoms with E-state index < -0.39 is 0 Å². The Morgan fingerprint density at radius 1 is 0.906 bits per heavy atom. The highest BCUT2D eigenvalue weighted by Gasteiger charge is 2.41. The Kier molecular flexibility index (Phi) is 6.53. The molecule has 4 rings (SSSR count). The number of ether oxygens (including phenoxy) is 1. The van der Waals surface area contributed by atoms with Crippen molar-refractivity contribution in [2.45, 2.75) is 13.8 Å². The molecule has 1 saturated heterocycles. The summed E-state index contributed by atoms with van der Waals surface area (Å²) < 4.78 is 5.88. The van der Waals surface area contributed by atoms with E-state index in [1.807, 2.05) is 30.9 Å². The van der Waals surface area contributed by atoms with E-state index in [1.165, 1.54) is 4.90 Å². The highest BCUT2D eigenvalue weighted by molar-refractivity contribution is 6.36. The number of aryl methyl sites for hydroxylation is 2. The van der Waals surface area contributed by atoms with Gasteiger partial charge in [0.05, 0.1) is 12.1 Å². The first-order chi connectivity index (χ1) is 15.3. The molecule has 168 valence electrons. The van der Waals surface area contributed by atoms with Crippen molar-refractivity contribution in [3.05, 3.63) is 69.9 Å². The predicted molar refractivity (Wildman–Crippen MR) is 126 cm³/mol. The Hall–Kier alpha value is -2.83. The molecule has 6 nitrogen and oxygen atoms in total. The standard InChI is InChI=1S/C25H28ClN3O3/c1-17-14-18(2)16-21(15-17)32-13-12-29-24(30)22(19-4-6-20(26)7-5-19)23(25(29)31)28-10-8-27(3)9-11-28/h4-7,14-16H,8-13H2,1-3H3. The third-order valence-electron chi connectivity index (χ3n) is 5.87. The molecule has 0 bridgehead atoms. The van der Waals surface area contributed by atoms with Crippen LogP contribution in [-0.4, -0.2) is 72.9 Å². The third-order valence-corrected chi connectivity index (χ3v) is 6.13. The summed E-state index contributed by atoms with van der Waals surface area (Å²) in [5.74, 6) is 0.204. The van der Waals surface area contributed by atoms with Gasteiger partial charge in [-0.25, -0.2) is 0 Å². The summed E-state index contributed by atoms with van der Waals surface area (Å²) in [5, 5.41) is 0.589. The molecule has 1 fully saturated rings. The maximum Gasteiger partial charge on any atom is 0.277 e. The maximum atomic E-state index is 13.4. The monoisotopic (exact) mass is 453 g/mol. The van der Waals surface area contributed by atoms with Gasteiger partial charge in [-0.3, -0.25) is 14.5 Å². The minimum Gasteiger partial charge on any atom is -0.492 e. The van der Waals surface area contributed by atoms with Crippen molar-refractivity contribution < 1.29 is 14.3 Å². The van der Waals surface area contributed by atoms with Gasteiger partial charge in [0.2, 0.25) is 0 Å². The van der Waals surface area contributed by atoms with E-state index in [2.05, 4.69) is 18.0 Å². The fourth-order valence-corrected chi connectivity index (χ4v) is 4.36. The summed E-state index contributed by atoms with van der Waals surface area (Å²) in [5.41, 5.74) is 3.86. The van der Waals surface area contributed by atoms with E-state index >= 15 is 0 Å². The minimum absolute atomic E-state index is 0.193. The molecule has 0 aliphatic carbocycles.